The summed E-state index contributed by atoms with van der Waals surface area (Å²) in [6.45, 7) is 6.12. The van der Waals surface area contributed by atoms with Crippen LogP contribution in [0.2, 0.25) is 0 Å². The molecule has 0 aliphatic rings. The Balaban J connectivity index is 3.77. The van der Waals surface area contributed by atoms with Gasteiger partial charge in [0.15, 0.2) is 0 Å². The van der Waals surface area contributed by atoms with Crippen LogP contribution in [-0.2, 0) is 9.53 Å². The largest absolute Gasteiger partial charge is 0.461 e. The highest BCUT2D eigenvalue weighted by atomic mass is 16.5. The van der Waals surface area contributed by atoms with Crippen molar-refractivity contribution in [3.63, 3.8) is 0 Å². The Bertz CT molecular complexity index is 460. The van der Waals surface area contributed by atoms with E-state index in [1.165, 1.54) is 122 Å². The number of hydrogen-bond donors (Lipinski definition) is 0. The lowest BCUT2D eigenvalue weighted by atomic mass is 9.91. The van der Waals surface area contributed by atoms with E-state index < -0.39 is 0 Å². The number of unbranched alkanes of at least 4 members (excludes halogenated alkanes) is 15. The van der Waals surface area contributed by atoms with Gasteiger partial charge >= 0.3 is 5.97 Å². The average molecular weight is 494 g/mol. The number of rotatable bonds is 27. The van der Waals surface area contributed by atoms with Crippen LogP contribution >= 0.6 is 0 Å². The highest BCUT2D eigenvalue weighted by Crippen LogP contribution is 2.22. The molecule has 0 rings (SSSR count). The number of esters is 1. The van der Waals surface area contributed by atoms with E-state index in [0.717, 1.165) is 25.2 Å². The van der Waals surface area contributed by atoms with Gasteiger partial charge in [-0.25, -0.2) is 0 Å². The summed E-state index contributed by atoms with van der Waals surface area (Å²) in [6, 6.07) is 0. The van der Waals surface area contributed by atoms with Gasteiger partial charge in [0.2, 0.25) is 0 Å². The lowest BCUT2D eigenvalue weighted by Gasteiger charge is -2.19. The highest BCUT2D eigenvalue weighted by Gasteiger charge is 2.10. The van der Waals surface area contributed by atoms with Crippen molar-refractivity contribution in [1.29, 1.82) is 0 Å². The third-order valence-electron chi connectivity index (χ3n) is 7.18. The van der Waals surface area contributed by atoms with Crippen LogP contribution in [0.25, 0.3) is 0 Å². The second-order valence-electron chi connectivity index (χ2n) is 11.0. The van der Waals surface area contributed by atoms with Crippen LogP contribution in [0.1, 0.15) is 155 Å². The van der Waals surface area contributed by atoms with Crippen molar-refractivity contribution >= 4 is 5.97 Å². The summed E-state index contributed by atoms with van der Waals surface area (Å²) in [7, 11) is 4.37. The SMILES string of the molecule is CCCC/C=C\COC(=O)CCCCCC(CCCCCCCCCCCCCC)CCN(C)C. The third kappa shape index (κ3) is 27.6. The topological polar surface area (TPSA) is 29.5 Å². The number of nitrogens with zero attached hydrogens (tertiary/aromatic N) is 1. The number of hydrogen-bond acceptors (Lipinski definition) is 3. The number of ether oxygens (including phenoxy) is 1. The monoisotopic (exact) mass is 493 g/mol. The van der Waals surface area contributed by atoms with Gasteiger partial charge in [-0.3, -0.25) is 4.79 Å². The van der Waals surface area contributed by atoms with Crippen molar-refractivity contribution in [3.05, 3.63) is 12.2 Å². The van der Waals surface area contributed by atoms with E-state index in [4.69, 9.17) is 4.74 Å². The molecule has 0 N–H and O–H groups in total. The Labute approximate surface area is 220 Å². The molecule has 35 heavy (non-hydrogen) atoms. The van der Waals surface area contributed by atoms with E-state index in [9.17, 15) is 4.79 Å². The fourth-order valence-corrected chi connectivity index (χ4v) is 4.75. The summed E-state index contributed by atoms with van der Waals surface area (Å²) in [4.78, 5) is 14.2. The zero-order valence-corrected chi connectivity index (χ0v) is 24.5. The molecule has 0 aliphatic heterocycles. The molecule has 208 valence electrons. The molecule has 0 saturated heterocycles. The normalized spacial score (nSPS) is 12.6. The predicted octanol–water partition coefficient (Wildman–Crippen LogP) is 9.89. The molecule has 0 aromatic carbocycles. The smallest absolute Gasteiger partial charge is 0.306 e. The Morgan fingerprint density at radius 1 is 0.657 bits per heavy atom. The van der Waals surface area contributed by atoms with Gasteiger partial charge < -0.3 is 9.64 Å². The molecule has 0 heterocycles. The van der Waals surface area contributed by atoms with Crippen molar-refractivity contribution < 1.29 is 9.53 Å². The Morgan fingerprint density at radius 3 is 1.71 bits per heavy atom. The predicted molar refractivity (Wildman–Crippen MR) is 155 cm³/mol. The molecule has 0 aliphatic carbocycles. The summed E-state index contributed by atoms with van der Waals surface area (Å²) in [5.74, 6) is 0.812. The molecule has 0 aromatic rings. The van der Waals surface area contributed by atoms with Crippen molar-refractivity contribution in [3.8, 4) is 0 Å². The van der Waals surface area contributed by atoms with E-state index in [1.54, 1.807) is 0 Å². The minimum atomic E-state index is -0.0363. The zero-order chi connectivity index (χ0) is 25.8. The van der Waals surface area contributed by atoms with Crippen molar-refractivity contribution in [2.24, 2.45) is 5.92 Å². The van der Waals surface area contributed by atoms with Gasteiger partial charge in [-0.2, -0.15) is 0 Å². The van der Waals surface area contributed by atoms with Gasteiger partial charge in [-0.1, -0.05) is 142 Å². The highest BCUT2D eigenvalue weighted by molar-refractivity contribution is 5.69. The lowest BCUT2D eigenvalue weighted by molar-refractivity contribution is -0.142. The zero-order valence-electron chi connectivity index (χ0n) is 24.5. The van der Waals surface area contributed by atoms with Crippen LogP contribution in [0.4, 0.5) is 0 Å². The van der Waals surface area contributed by atoms with Gasteiger partial charge in [0.25, 0.3) is 0 Å². The molecule has 3 nitrogen and oxygen atoms in total. The Kier molecular flexibility index (Phi) is 27.1. The van der Waals surface area contributed by atoms with E-state index in [0.29, 0.717) is 13.0 Å². The summed E-state index contributed by atoms with van der Waals surface area (Å²) < 4.78 is 5.31. The van der Waals surface area contributed by atoms with E-state index in [1.807, 2.05) is 6.08 Å². The molecular weight excluding hydrogens is 430 g/mol. The van der Waals surface area contributed by atoms with Crippen LogP contribution in [0.5, 0.6) is 0 Å². The maximum absolute atomic E-state index is 11.9. The van der Waals surface area contributed by atoms with Gasteiger partial charge in [-0.05, 0) is 45.8 Å². The van der Waals surface area contributed by atoms with E-state index >= 15 is 0 Å². The van der Waals surface area contributed by atoms with E-state index in [2.05, 4.69) is 38.9 Å². The number of carbonyl (C=O) groups is 1. The molecule has 0 radical (unpaired) electrons. The maximum Gasteiger partial charge on any atom is 0.306 e. The van der Waals surface area contributed by atoms with Crippen LogP contribution in [-0.4, -0.2) is 38.1 Å². The molecule has 0 fully saturated rings. The van der Waals surface area contributed by atoms with Crippen LogP contribution in [0, 0.1) is 5.92 Å². The molecule has 0 bridgehead atoms. The maximum atomic E-state index is 11.9. The lowest BCUT2D eigenvalue weighted by Crippen LogP contribution is -2.17. The van der Waals surface area contributed by atoms with Crippen molar-refractivity contribution in [2.45, 2.75) is 155 Å². The van der Waals surface area contributed by atoms with Crippen molar-refractivity contribution in [1.82, 2.24) is 4.90 Å². The molecule has 1 unspecified atom stereocenters. The quantitative estimate of drug-likeness (QED) is 0.0647. The van der Waals surface area contributed by atoms with Gasteiger partial charge in [0.1, 0.15) is 6.61 Å². The van der Waals surface area contributed by atoms with Crippen LogP contribution in [0.3, 0.4) is 0 Å². The Hall–Kier alpha value is -0.830. The molecule has 3 heteroatoms. The molecular formula is C32H63NO2. The van der Waals surface area contributed by atoms with Gasteiger partial charge in [-0.15, -0.1) is 0 Å². The second-order valence-corrected chi connectivity index (χ2v) is 11.0. The molecule has 0 aromatic heterocycles. The molecule has 1 atom stereocenters. The fourth-order valence-electron chi connectivity index (χ4n) is 4.75. The first-order chi connectivity index (χ1) is 17.1. The first-order valence-electron chi connectivity index (χ1n) is 15.5. The number of allylic oxidation sites excluding steroid dienone is 1. The minimum absolute atomic E-state index is 0.0363. The van der Waals surface area contributed by atoms with Gasteiger partial charge in [0, 0.05) is 6.42 Å². The van der Waals surface area contributed by atoms with Crippen LogP contribution in [0.15, 0.2) is 12.2 Å². The fraction of sp³-hybridized carbons (Fsp3) is 0.906. The molecule has 0 spiro atoms. The molecule has 0 saturated carbocycles. The minimum Gasteiger partial charge on any atom is -0.461 e. The Morgan fingerprint density at radius 2 is 1.17 bits per heavy atom. The summed E-state index contributed by atoms with van der Waals surface area (Å²) in [5.41, 5.74) is 0. The first kappa shape index (κ1) is 34.2. The second kappa shape index (κ2) is 27.8. The first-order valence-corrected chi connectivity index (χ1v) is 15.5. The standard InChI is InChI=1S/C32H63NO2/c1-5-7-9-11-12-13-14-15-16-17-18-21-25-31(28-29-33(3)4)26-22-20-23-27-32(34)35-30-24-19-10-8-6-2/h19,24,31H,5-18,20-23,25-30H2,1-4H3/b24-19-. The summed E-state index contributed by atoms with van der Waals surface area (Å²) in [5, 5.41) is 0. The molecule has 0 amide bonds. The summed E-state index contributed by atoms with van der Waals surface area (Å²) in [6.07, 6.45) is 32.7. The van der Waals surface area contributed by atoms with Crippen LogP contribution < -0.4 is 0 Å². The summed E-state index contributed by atoms with van der Waals surface area (Å²) >= 11 is 0. The number of carbonyl (C=O) groups excluding carboxylic acids is 1. The van der Waals surface area contributed by atoms with Gasteiger partial charge in [0.05, 0.1) is 0 Å². The van der Waals surface area contributed by atoms with E-state index in [-0.39, 0.29) is 5.97 Å². The van der Waals surface area contributed by atoms with Crippen molar-refractivity contribution in [2.75, 3.05) is 27.2 Å². The third-order valence-corrected chi connectivity index (χ3v) is 7.18. The average Bonchev–Trinajstić information content (AvgIpc) is 2.84.